The van der Waals surface area contributed by atoms with Crippen LogP contribution in [-0.2, 0) is 7.05 Å². The van der Waals surface area contributed by atoms with E-state index in [1.54, 1.807) is 0 Å². The fourth-order valence-corrected chi connectivity index (χ4v) is 3.61. The van der Waals surface area contributed by atoms with Crippen LogP contribution in [0.2, 0.25) is 0 Å². The number of hydrogen-bond acceptors (Lipinski definition) is 0. The van der Waals surface area contributed by atoms with Crippen molar-refractivity contribution in [2.45, 2.75) is 20.8 Å². The third kappa shape index (κ3) is 2.52. The van der Waals surface area contributed by atoms with Crippen LogP contribution < -0.4 is 9.25 Å². The summed E-state index contributed by atoms with van der Waals surface area (Å²) in [5, 5.41) is 1.25. The van der Waals surface area contributed by atoms with Gasteiger partial charge in [0.25, 0.3) is 0 Å². The molecule has 124 valence electrons. The summed E-state index contributed by atoms with van der Waals surface area (Å²) in [4.78, 5) is 0. The van der Waals surface area contributed by atoms with Gasteiger partial charge >= 0.3 is 0 Å². The standard InChI is InChI=1S/C22H23N3/c1-16-13-21(24-12-8-7-9-17(24)2)18(3)22(14-16)25-20-11-6-5-10-19(20)15-23(25)4/h5-15H,1-4H3/q+2. The monoisotopic (exact) mass is 329 g/mol. The van der Waals surface area contributed by atoms with Gasteiger partial charge in [-0.3, -0.25) is 0 Å². The fraction of sp³-hybridized carbons (Fsp3) is 0.182. The van der Waals surface area contributed by atoms with Crippen molar-refractivity contribution in [1.29, 1.82) is 0 Å². The van der Waals surface area contributed by atoms with Crippen LogP contribution in [0, 0.1) is 20.8 Å². The highest BCUT2D eigenvalue weighted by Gasteiger charge is 2.22. The molecule has 0 bridgehead atoms. The van der Waals surface area contributed by atoms with Gasteiger partial charge in [-0.2, -0.15) is 4.57 Å². The Bertz CT molecular complexity index is 1090. The van der Waals surface area contributed by atoms with Gasteiger partial charge in [-0.05, 0) is 37.6 Å². The maximum atomic E-state index is 2.29. The predicted octanol–water partition coefficient (Wildman–Crippen LogP) is 3.66. The molecule has 2 aromatic heterocycles. The predicted molar refractivity (Wildman–Crippen MR) is 100 cm³/mol. The molecule has 0 atom stereocenters. The van der Waals surface area contributed by atoms with Crippen LogP contribution in [0.25, 0.3) is 22.3 Å². The molecule has 4 rings (SSSR count). The van der Waals surface area contributed by atoms with E-state index >= 15 is 0 Å². The number of pyridine rings is 1. The van der Waals surface area contributed by atoms with Crippen molar-refractivity contribution in [1.82, 2.24) is 4.68 Å². The molecular weight excluding hydrogens is 306 g/mol. The molecule has 0 saturated carbocycles. The second kappa shape index (κ2) is 5.85. The van der Waals surface area contributed by atoms with E-state index in [1.165, 1.54) is 39.1 Å². The number of aromatic nitrogens is 3. The Kier molecular flexibility index (Phi) is 3.65. The van der Waals surface area contributed by atoms with Gasteiger partial charge in [0.1, 0.15) is 11.2 Å². The van der Waals surface area contributed by atoms with Crippen LogP contribution in [-0.4, -0.2) is 4.68 Å². The normalized spacial score (nSPS) is 11.2. The number of aryl methyl sites for hydroxylation is 3. The lowest BCUT2D eigenvalue weighted by Gasteiger charge is -2.10. The van der Waals surface area contributed by atoms with Crippen LogP contribution in [0.3, 0.4) is 0 Å². The van der Waals surface area contributed by atoms with E-state index in [0.717, 1.165) is 0 Å². The number of benzene rings is 2. The average molecular weight is 329 g/mol. The summed E-state index contributed by atoms with van der Waals surface area (Å²) in [6, 6.07) is 19.4. The Hall–Kier alpha value is -2.94. The van der Waals surface area contributed by atoms with Gasteiger partial charge < -0.3 is 0 Å². The summed E-state index contributed by atoms with van der Waals surface area (Å²) in [7, 11) is 2.10. The van der Waals surface area contributed by atoms with Crippen LogP contribution in [0.4, 0.5) is 0 Å². The van der Waals surface area contributed by atoms with E-state index in [-0.39, 0.29) is 0 Å². The summed E-state index contributed by atoms with van der Waals surface area (Å²) in [5.74, 6) is 0. The summed E-state index contributed by atoms with van der Waals surface area (Å²) in [6.45, 7) is 6.52. The lowest BCUT2D eigenvalue weighted by molar-refractivity contribution is -0.742. The molecule has 0 saturated heterocycles. The minimum atomic E-state index is 1.22. The molecule has 0 amide bonds. The van der Waals surface area contributed by atoms with E-state index in [2.05, 4.69) is 109 Å². The van der Waals surface area contributed by atoms with Crippen LogP contribution in [0.15, 0.2) is 67.0 Å². The van der Waals surface area contributed by atoms with Crippen LogP contribution in [0.1, 0.15) is 16.8 Å². The zero-order valence-corrected chi connectivity index (χ0v) is 15.2. The molecule has 0 N–H and O–H groups in total. The maximum Gasteiger partial charge on any atom is 0.216 e. The number of para-hydroxylation sites is 1. The second-order valence-corrected chi connectivity index (χ2v) is 6.71. The van der Waals surface area contributed by atoms with Crippen LogP contribution >= 0.6 is 0 Å². The summed E-state index contributed by atoms with van der Waals surface area (Å²) >= 11 is 0. The Morgan fingerprint density at radius 3 is 2.44 bits per heavy atom. The minimum absolute atomic E-state index is 1.22. The van der Waals surface area contributed by atoms with Gasteiger partial charge in [-0.25, -0.2) is 0 Å². The zero-order valence-electron chi connectivity index (χ0n) is 15.2. The molecule has 0 spiro atoms. The molecule has 0 aliphatic heterocycles. The first kappa shape index (κ1) is 15.6. The SMILES string of the molecule is Cc1cc(-n2c3ccccc3c[n+]2C)c(C)c(-[n+]2ccccc2C)c1. The molecule has 2 heterocycles. The lowest BCUT2D eigenvalue weighted by atomic mass is 10.1. The van der Waals surface area contributed by atoms with E-state index in [4.69, 9.17) is 0 Å². The highest BCUT2D eigenvalue weighted by molar-refractivity contribution is 5.79. The largest absolute Gasteiger partial charge is 0.216 e. The first-order valence-corrected chi connectivity index (χ1v) is 8.62. The first-order chi connectivity index (χ1) is 12.1. The van der Waals surface area contributed by atoms with Gasteiger partial charge in [0, 0.05) is 25.1 Å². The first-order valence-electron chi connectivity index (χ1n) is 8.62. The molecule has 0 aliphatic rings. The van der Waals surface area contributed by atoms with E-state index < -0.39 is 0 Å². The highest BCUT2D eigenvalue weighted by Crippen LogP contribution is 2.24. The number of hydrogen-bond donors (Lipinski definition) is 0. The minimum Gasteiger partial charge on any atom is -0.164 e. The fourth-order valence-electron chi connectivity index (χ4n) is 3.61. The Morgan fingerprint density at radius 1 is 0.880 bits per heavy atom. The van der Waals surface area contributed by atoms with Crippen molar-refractivity contribution < 1.29 is 9.25 Å². The number of nitrogens with zero attached hydrogens (tertiary/aromatic N) is 3. The van der Waals surface area contributed by atoms with Crippen molar-refractivity contribution in [2.24, 2.45) is 7.05 Å². The molecule has 25 heavy (non-hydrogen) atoms. The summed E-state index contributed by atoms with van der Waals surface area (Å²) in [6.07, 6.45) is 4.31. The Labute approximate surface area is 148 Å². The van der Waals surface area contributed by atoms with Gasteiger partial charge in [0.15, 0.2) is 18.9 Å². The molecule has 0 fully saturated rings. The highest BCUT2D eigenvalue weighted by atomic mass is 15.4. The molecule has 0 aliphatic carbocycles. The molecule has 0 unspecified atom stereocenters. The third-order valence-electron chi connectivity index (χ3n) is 4.85. The van der Waals surface area contributed by atoms with E-state index in [0.29, 0.717) is 0 Å². The van der Waals surface area contributed by atoms with Gasteiger partial charge in [0.05, 0.1) is 10.9 Å². The van der Waals surface area contributed by atoms with Gasteiger partial charge in [0.2, 0.25) is 11.9 Å². The smallest absolute Gasteiger partial charge is 0.164 e. The third-order valence-corrected chi connectivity index (χ3v) is 4.85. The van der Waals surface area contributed by atoms with Crippen molar-refractivity contribution in [3.8, 4) is 11.4 Å². The van der Waals surface area contributed by atoms with E-state index in [1.807, 2.05) is 0 Å². The van der Waals surface area contributed by atoms with E-state index in [9.17, 15) is 0 Å². The molecule has 0 radical (unpaired) electrons. The molecule has 3 heteroatoms. The molecular formula is C22H23N3+2. The summed E-state index contributed by atoms with van der Waals surface area (Å²) in [5.41, 5.74) is 7.41. The number of fused-ring (bicyclic) bond motifs is 1. The van der Waals surface area contributed by atoms with Crippen molar-refractivity contribution >= 4 is 10.9 Å². The van der Waals surface area contributed by atoms with Gasteiger partial charge in [-0.15, -0.1) is 9.36 Å². The average Bonchev–Trinajstić information content (AvgIpc) is 2.93. The summed E-state index contributed by atoms with van der Waals surface area (Å²) < 4.78 is 6.72. The lowest BCUT2D eigenvalue weighted by Crippen LogP contribution is -2.39. The molecule has 4 aromatic rings. The quantitative estimate of drug-likeness (QED) is 0.498. The molecule has 2 aromatic carbocycles. The van der Waals surface area contributed by atoms with Crippen molar-refractivity contribution in [3.05, 3.63) is 83.8 Å². The van der Waals surface area contributed by atoms with Crippen LogP contribution in [0.5, 0.6) is 0 Å². The number of rotatable bonds is 2. The van der Waals surface area contributed by atoms with Gasteiger partial charge in [-0.1, -0.05) is 18.2 Å². The maximum absolute atomic E-state index is 2.29. The topological polar surface area (TPSA) is 12.7 Å². The molecule has 3 nitrogen and oxygen atoms in total. The van der Waals surface area contributed by atoms with Crippen molar-refractivity contribution in [2.75, 3.05) is 0 Å². The zero-order chi connectivity index (χ0) is 17.6. The van der Waals surface area contributed by atoms with Crippen molar-refractivity contribution in [3.63, 3.8) is 0 Å². The second-order valence-electron chi connectivity index (χ2n) is 6.71. The Balaban J connectivity index is 2.04. The Morgan fingerprint density at radius 2 is 1.64 bits per heavy atom.